The molecular formula is C9H10N2. The van der Waals surface area contributed by atoms with E-state index in [-0.39, 0.29) is 0 Å². The molecule has 2 rings (SSSR count). The van der Waals surface area contributed by atoms with Gasteiger partial charge in [0.1, 0.15) is 0 Å². The molecule has 0 aromatic heterocycles. The minimum absolute atomic E-state index is 0.338. The van der Waals surface area contributed by atoms with Gasteiger partial charge in [-0.05, 0) is 13.0 Å². The fraction of sp³-hybridized carbons (Fsp3) is 0.222. The number of nitrogens with zero attached hydrogens (tertiary/aromatic N) is 2. The van der Waals surface area contributed by atoms with Crippen LogP contribution in [0.3, 0.4) is 0 Å². The second-order valence-corrected chi connectivity index (χ2v) is 2.69. The Labute approximate surface area is 66.2 Å². The van der Waals surface area contributed by atoms with Gasteiger partial charge in [0.15, 0.2) is 0 Å². The van der Waals surface area contributed by atoms with E-state index in [4.69, 9.17) is 0 Å². The van der Waals surface area contributed by atoms with Gasteiger partial charge in [-0.3, -0.25) is 4.99 Å². The first kappa shape index (κ1) is 6.40. The highest BCUT2D eigenvalue weighted by Gasteiger charge is 2.15. The molecule has 0 N–H and O–H groups in total. The third kappa shape index (κ3) is 1.00. The Kier molecular flexibility index (Phi) is 1.39. The number of allylic oxidation sites excluding steroid dienone is 3. The lowest BCUT2D eigenvalue weighted by molar-refractivity contribution is 0.458. The lowest BCUT2D eigenvalue weighted by Gasteiger charge is -2.29. The Hall–Kier alpha value is -1.31. The van der Waals surface area contributed by atoms with Crippen molar-refractivity contribution in [1.29, 1.82) is 0 Å². The maximum Gasteiger partial charge on any atom is 0.0871 e. The molecule has 2 nitrogen and oxygen atoms in total. The lowest BCUT2D eigenvalue weighted by Crippen LogP contribution is -2.31. The molecule has 1 atom stereocenters. The summed E-state index contributed by atoms with van der Waals surface area (Å²) in [5.41, 5.74) is 1.19. The number of aliphatic imine (C=N–C) groups is 1. The highest BCUT2D eigenvalue weighted by molar-refractivity contribution is 5.70. The summed E-state index contributed by atoms with van der Waals surface area (Å²) in [6, 6.07) is 0.338. The van der Waals surface area contributed by atoms with Crippen LogP contribution in [0.25, 0.3) is 0 Å². The molecule has 1 unspecified atom stereocenters. The van der Waals surface area contributed by atoms with Crippen LogP contribution in [-0.4, -0.2) is 17.2 Å². The monoisotopic (exact) mass is 146 g/mol. The highest BCUT2D eigenvalue weighted by atomic mass is 15.2. The van der Waals surface area contributed by atoms with Crippen LogP contribution in [0.1, 0.15) is 6.92 Å². The first-order valence-electron chi connectivity index (χ1n) is 3.71. The molecule has 0 aromatic carbocycles. The first-order chi connectivity index (χ1) is 5.38. The molecular weight excluding hydrogens is 136 g/mol. The quantitative estimate of drug-likeness (QED) is 0.507. The van der Waals surface area contributed by atoms with Crippen molar-refractivity contribution < 1.29 is 0 Å². The third-order valence-corrected chi connectivity index (χ3v) is 1.89. The SMILES string of the molecule is CC1=CN=CC2C=CC=CN12. The molecule has 2 heteroatoms. The Balaban J connectivity index is 2.33. The van der Waals surface area contributed by atoms with Crippen molar-refractivity contribution >= 4 is 6.21 Å². The molecule has 0 saturated carbocycles. The molecule has 0 spiro atoms. The van der Waals surface area contributed by atoms with Crippen molar-refractivity contribution in [3.05, 3.63) is 36.3 Å². The van der Waals surface area contributed by atoms with Crippen molar-refractivity contribution in [1.82, 2.24) is 4.90 Å². The summed E-state index contributed by atoms with van der Waals surface area (Å²) in [5, 5.41) is 0. The van der Waals surface area contributed by atoms with Crippen molar-refractivity contribution in [3.63, 3.8) is 0 Å². The van der Waals surface area contributed by atoms with Crippen molar-refractivity contribution in [3.8, 4) is 0 Å². The summed E-state index contributed by atoms with van der Waals surface area (Å²) in [6.07, 6.45) is 12.1. The van der Waals surface area contributed by atoms with E-state index >= 15 is 0 Å². The molecule has 2 aliphatic rings. The Morgan fingerprint density at radius 2 is 2.36 bits per heavy atom. The molecule has 0 radical (unpaired) electrons. The van der Waals surface area contributed by atoms with E-state index in [0.29, 0.717) is 6.04 Å². The van der Waals surface area contributed by atoms with Crippen molar-refractivity contribution in [2.24, 2.45) is 4.99 Å². The molecule has 56 valence electrons. The number of fused-ring (bicyclic) bond motifs is 1. The van der Waals surface area contributed by atoms with Gasteiger partial charge < -0.3 is 4.90 Å². The predicted molar refractivity (Wildman–Crippen MR) is 46.2 cm³/mol. The molecule has 0 bridgehead atoms. The average Bonchev–Trinajstić information content (AvgIpc) is 2.06. The standard InChI is InChI=1S/C9H10N2/c1-8-6-10-7-9-4-2-3-5-11(8)9/h2-7,9H,1H3. The van der Waals surface area contributed by atoms with Gasteiger partial charge >= 0.3 is 0 Å². The minimum Gasteiger partial charge on any atom is -0.338 e. The van der Waals surface area contributed by atoms with E-state index in [1.54, 1.807) is 0 Å². The van der Waals surface area contributed by atoms with Crippen LogP contribution in [0.4, 0.5) is 0 Å². The summed E-state index contributed by atoms with van der Waals surface area (Å²) in [6.45, 7) is 2.06. The fourth-order valence-electron chi connectivity index (χ4n) is 1.29. The van der Waals surface area contributed by atoms with E-state index in [0.717, 1.165) is 0 Å². The van der Waals surface area contributed by atoms with Crippen LogP contribution >= 0.6 is 0 Å². The molecule has 0 fully saturated rings. The zero-order valence-corrected chi connectivity index (χ0v) is 6.44. The van der Waals surface area contributed by atoms with E-state index in [9.17, 15) is 0 Å². The predicted octanol–water partition coefficient (Wildman–Crippen LogP) is 1.69. The number of rotatable bonds is 0. The fourth-order valence-corrected chi connectivity index (χ4v) is 1.29. The molecule has 0 amide bonds. The molecule has 2 aliphatic heterocycles. The molecule has 11 heavy (non-hydrogen) atoms. The maximum atomic E-state index is 4.13. The zero-order valence-electron chi connectivity index (χ0n) is 6.44. The molecule has 0 saturated heterocycles. The van der Waals surface area contributed by atoms with E-state index in [2.05, 4.69) is 29.1 Å². The Bertz CT molecular complexity index is 271. The number of hydrogen-bond acceptors (Lipinski definition) is 2. The average molecular weight is 146 g/mol. The Morgan fingerprint density at radius 1 is 1.45 bits per heavy atom. The minimum atomic E-state index is 0.338. The van der Waals surface area contributed by atoms with E-state index in [1.165, 1.54) is 5.70 Å². The first-order valence-corrected chi connectivity index (χ1v) is 3.71. The van der Waals surface area contributed by atoms with Crippen LogP contribution in [0.5, 0.6) is 0 Å². The van der Waals surface area contributed by atoms with Gasteiger partial charge in [0.25, 0.3) is 0 Å². The largest absolute Gasteiger partial charge is 0.338 e. The summed E-state index contributed by atoms with van der Waals surface area (Å²) in [5.74, 6) is 0. The van der Waals surface area contributed by atoms with Crippen molar-refractivity contribution in [2.75, 3.05) is 0 Å². The smallest absolute Gasteiger partial charge is 0.0871 e. The van der Waals surface area contributed by atoms with Gasteiger partial charge in [0, 0.05) is 24.3 Å². The van der Waals surface area contributed by atoms with Crippen LogP contribution in [-0.2, 0) is 0 Å². The zero-order chi connectivity index (χ0) is 7.68. The van der Waals surface area contributed by atoms with E-state index < -0.39 is 0 Å². The van der Waals surface area contributed by atoms with Crippen LogP contribution < -0.4 is 0 Å². The topological polar surface area (TPSA) is 15.6 Å². The van der Waals surface area contributed by atoms with E-state index in [1.807, 2.05) is 24.6 Å². The molecule has 2 heterocycles. The van der Waals surface area contributed by atoms with Gasteiger partial charge in [-0.25, -0.2) is 0 Å². The summed E-state index contributed by atoms with van der Waals surface area (Å²) < 4.78 is 0. The lowest BCUT2D eigenvalue weighted by atomic mass is 10.1. The van der Waals surface area contributed by atoms with Crippen LogP contribution in [0.15, 0.2) is 41.3 Å². The van der Waals surface area contributed by atoms with Gasteiger partial charge in [0.05, 0.1) is 6.04 Å². The molecule has 0 aromatic rings. The van der Waals surface area contributed by atoms with Crippen molar-refractivity contribution in [2.45, 2.75) is 13.0 Å². The third-order valence-electron chi connectivity index (χ3n) is 1.89. The second-order valence-electron chi connectivity index (χ2n) is 2.69. The van der Waals surface area contributed by atoms with Gasteiger partial charge in [-0.2, -0.15) is 0 Å². The highest BCUT2D eigenvalue weighted by Crippen LogP contribution is 2.16. The van der Waals surface area contributed by atoms with Gasteiger partial charge in [-0.1, -0.05) is 12.2 Å². The normalized spacial score (nSPS) is 26.8. The maximum absolute atomic E-state index is 4.13. The summed E-state index contributed by atoms with van der Waals surface area (Å²) >= 11 is 0. The van der Waals surface area contributed by atoms with Crippen LogP contribution in [0.2, 0.25) is 0 Å². The summed E-state index contributed by atoms with van der Waals surface area (Å²) in [4.78, 5) is 6.32. The summed E-state index contributed by atoms with van der Waals surface area (Å²) in [7, 11) is 0. The molecule has 0 aliphatic carbocycles. The van der Waals surface area contributed by atoms with Gasteiger partial charge in [0.2, 0.25) is 0 Å². The Morgan fingerprint density at radius 3 is 3.18 bits per heavy atom. The van der Waals surface area contributed by atoms with Gasteiger partial charge in [-0.15, -0.1) is 0 Å². The second kappa shape index (κ2) is 2.38. The number of hydrogen-bond donors (Lipinski definition) is 0. The van der Waals surface area contributed by atoms with Crippen LogP contribution in [0, 0.1) is 0 Å².